The average molecular weight is 505 g/mol. The Hall–Kier alpha value is -3.55. The number of likely N-dealkylation sites (tertiary alicyclic amines) is 1. The van der Waals surface area contributed by atoms with Crippen molar-refractivity contribution in [3.8, 4) is 11.4 Å². The van der Waals surface area contributed by atoms with Crippen molar-refractivity contribution in [2.75, 3.05) is 13.1 Å². The molecular formula is C29H33FN4O3. The van der Waals surface area contributed by atoms with E-state index in [4.69, 9.17) is 4.52 Å². The van der Waals surface area contributed by atoms with Gasteiger partial charge in [-0.05, 0) is 68.4 Å². The molecule has 1 saturated carbocycles. The van der Waals surface area contributed by atoms with Crippen molar-refractivity contribution in [3.63, 3.8) is 0 Å². The van der Waals surface area contributed by atoms with Gasteiger partial charge in [0.05, 0.1) is 11.5 Å². The lowest BCUT2D eigenvalue weighted by molar-refractivity contribution is -0.138. The maximum absolute atomic E-state index is 13.8. The summed E-state index contributed by atoms with van der Waals surface area (Å²) in [5, 5.41) is 7.15. The topological polar surface area (TPSA) is 88.3 Å². The molecule has 2 fully saturated rings. The molecule has 7 nitrogen and oxygen atoms in total. The number of nitrogens with zero attached hydrogens (tertiary/aromatic N) is 3. The molecule has 1 atom stereocenters. The van der Waals surface area contributed by atoms with E-state index in [2.05, 4.69) is 15.5 Å². The molecule has 1 aliphatic heterocycles. The number of amides is 2. The number of hydrogen-bond donors (Lipinski definition) is 1. The van der Waals surface area contributed by atoms with E-state index in [9.17, 15) is 14.0 Å². The van der Waals surface area contributed by atoms with Gasteiger partial charge in [0, 0.05) is 31.1 Å². The smallest absolute Gasteiger partial charge is 0.253 e. The molecule has 8 heteroatoms. The second-order valence-corrected chi connectivity index (χ2v) is 10.4. The first-order valence-corrected chi connectivity index (χ1v) is 13.1. The minimum Gasteiger partial charge on any atom is -0.349 e. The van der Waals surface area contributed by atoms with Crippen LogP contribution in [0.4, 0.5) is 4.39 Å². The quantitative estimate of drug-likeness (QED) is 0.481. The Balaban J connectivity index is 1.27. The van der Waals surface area contributed by atoms with Crippen molar-refractivity contribution in [3.05, 3.63) is 71.4 Å². The molecule has 37 heavy (non-hydrogen) atoms. The molecule has 1 saturated heterocycles. The lowest BCUT2D eigenvalue weighted by Crippen LogP contribution is -2.53. The summed E-state index contributed by atoms with van der Waals surface area (Å²) < 4.78 is 18.4. The highest BCUT2D eigenvalue weighted by molar-refractivity contribution is 5.95. The zero-order valence-electron chi connectivity index (χ0n) is 21.4. The highest BCUT2D eigenvalue weighted by Crippen LogP contribution is 2.47. The minimum atomic E-state index is -0.484. The molecule has 1 aliphatic carbocycles. The molecule has 2 heterocycles. The summed E-state index contributed by atoms with van der Waals surface area (Å²) in [5.74, 6) is 1.05. The van der Waals surface area contributed by atoms with Crippen LogP contribution in [0.2, 0.25) is 0 Å². The third-order valence-electron chi connectivity index (χ3n) is 8.17. The van der Waals surface area contributed by atoms with E-state index >= 15 is 0 Å². The van der Waals surface area contributed by atoms with Crippen LogP contribution in [0.25, 0.3) is 11.4 Å². The normalized spacial score (nSPS) is 18.5. The molecule has 194 valence electrons. The van der Waals surface area contributed by atoms with Crippen LogP contribution < -0.4 is 5.32 Å². The molecule has 0 radical (unpaired) electrons. The maximum atomic E-state index is 13.8. The van der Waals surface area contributed by atoms with Crippen LogP contribution in [0, 0.1) is 24.1 Å². The van der Waals surface area contributed by atoms with Crippen LogP contribution in [0.3, 0.4) is 0 Å². The standard InChI is InChI=1S/C29H33FN4O3/c1-19(21-11-13-25(30)14-12-21)31-28(36)29(24-5-3-4-6-24)15-17-34(18-16-29)27(35)23-9-7-22(8-10-23)26-32-20(2)37-33-26/h7-14,19,24H,3-6,15-18H2,1-2H3,(H,31,36)/t19-/m0/s1. The van der Waals surface area contributed by atoms with Gasteiger partial charge in [-0.15, -0.1) is 0 Å². The monoisotopic (exact) mass is 504 g/mol. The Morgan fingerprint density at radius 2 is 1.70 bits per heavy atom. The lowest BCUT2D eigenvalue weighted by atomic mass is 9.67. The number of nitrogens with one attached hydrogen (secondary N) is 1. The Bertz CT molecular complexity index is 1240. The van der Waals surface area contributed by atoms with Crippen molar-refractivity contribution < 1.29 is 18.5 Å². The van der Waals surface area contributed by atoms with E-state index in [1.807, 2.05) is 24.0 Å². The highest BCUT2D eigenvalue weighted by Gasteiger charge is 2.48. The van der Waals surface area contributed by atoms with E-state index in [0.29, 0.717) is 49.1 Å². The van der Waals surface area contributed by atoms with Gasteiger partial charge in [0.15, 0.2) is 0 Å². The van der Waals surface area contributed by atoms with Gasteiger partial charge >= 0.3 is 0 Å². The molecule has 0 unspecified atom stereocenters. The lowest BCUT2D eigenvalue weighted by Gasteiger charge is -2.45. The fourth-order valence-electron chi connectivity index (χ4n) is 5.94. The first kappa shape index (κ1) is 25.1. The van der Waals surface area contributed by atoms with Crippen LogP contribution in [-0.4, -0.2) is 39.9 Å². The maximum Gasteiger partial charge on any atom is 0.253 e. The number of aromatic nitrogens is 2. The van der Waals surface area contributed by atoms with Crippen molar-refractivity contribution in [1.82, 2.24) is 20.4 Å². The van der Waals surface area contributed by atoms with Gasteiger partial charge in [-0.3, -0.25) is 9.59 Å². The van der Waals surface area contributed by atoms with Crippen molar-refractivity contribution >= 4 is 11.8 Å². The molecular weight excluding hydrogens is 471 g/mol. The number of halogens is 1. The fraction of sp³-hybridized carbons (Fsp3) is 0.448. The molecule has 2 aromatic carbocycles. The second kappa shape index (κ2) is 10.4. The Kier molecular flexibility index (Phi) is 7.09. The van der Waals surface area contributed by atoms with Crippen LogP contribution in [0.15, 0.2) is 53.1 Å². The first-order valence-electron chi connectivity index (χ1n) is 13.1. The number of piperidine rings is 1. The minimum absolute atomic E-state index is 0.0315. The zero-order valence-corrected chi connectivity index (χ0v) is 21.4. The summed E-state index contributed by atoms with van der Waals surface area (Å²) >= 11 is 0. The highest BCUT2D eigenvalue weighted by atomic mass is 19.1. The van der Waals surface area contributed by atoms with Crippen molar-refractivity contribution in [1.29, 1.82) is 0 Å². The van der Waals surface area contributed by atoms with E-state index < -0.39 is 5.41 Å². The first-order chi connectivity index (χ1) is 17.9. The molecule has 1 N–H and O–H groups in total. The van der Waals surface area contributed by atoms with Crippen LogP contribution in [-0.2, 0) is 4.79 Å². The number of carbonyl (C=O) groups is 2. The van der Waals surface area contributed by atoms with Gasteiger partial charge in [0.25, 0.3) is 5.91 Å². The predicted octanol–water partition coefficient (Wildman–Crippen LogP) is 5.47. The van der Waals surface area contributed by atoms with Crippen LogP contribution >= 0.6 is 0 Å². The van der Waals surface area contributed by atoms with Gasteiger partial charge in [-0.2, -0.15) is 4.98 Å². The summed E-state index contributed by atoms with van der Waals surface area (Å²) in [6, 6.07) is 13.3. The molecule has 1 aromatic heterocycles. The molecule has 2 aliphatic rings. The van der Waals surface area contributed by atoms with Gasteiger partial charge in [-0.1, -0.05) is 42.3 Å². The molecule has 5 rings (SSSR count). The van der Waals surface area contributed by atoms with Crippen LogP contribution in [0.1, 0.15) is 73.3 Å². The Morgan fingerprint density at radius 1 is 1.05 bits per heavy atom. The van der Waals surface area contributed by atoms with Gasteiger partial charge < -0.3 is 14.7 Å². The average Bonchev–Trinajstić information content (AvgIpc) is 3.61. The second-order valence-electron chi connectivity index (χ2n) is 10.4. The largest absolute Gasteiger partial charge is 0.349 e. The summed E-state index contributed by atoms with van der Waals surface area (Å²) in [7, 11) is 0. The van der Waals surface area contributed by atoms with E-state index in [1.165, 1.54) is 12.1 Å². The van der Waals surface area contributed by atoms with E-state index in [1.54, 1.807) is 31.2 Å². The molecule has 2 amide bonds. The summed E-state index contributed by atoms with van der Waals surface area (Å²) in [6.07, 6.45) is 5.66. The predicted molar refractivity (Wildman–Crippen MR) is 137 cm³/mol. The van der Waals surface area contributed by atoms with Gasteiger partial charge in [0.1, 0.15) is 5.82 Å². The number of aryl methyl sites for hydroxylation is 1. The Morgan fingerprint density at radius 3 is 2.30 bits per heavy atom. The number of benzene rings is 2. The third kappa shape index (κ3) is 5.15. The number of hydrogen-bond acceptors (Lipinski definition) is 5. The molecule has 3 aromatic rings. The van der Waals surface area contributed by atoms with Gasteiger partial charge in [-0.25, -0.2) is 4.39 Å². The molecule has 0 spiro atoms. The summed E-state index contributed by atoms with van der Waals surface area (Å²) in [4.78, 5) is 33.1. The third-order valence-corrected chi connectivity index (χ3v) is 8.17. The van der Waals surface area contributed by atoms with Gasteiger partial charge in [0.2, 0.25) is 17.6 Å². The SMILES string of the molecule is Cc1nc(-c2ccc(C(=O)N3CCC(C(=O)N[C@@H](C)c4ccc(F)cc4)(C4CCCC4)CC3)cc2)no1. The summed E-state index contributed by atoms with van der Waals surface area (Å²) in [6.45, 7) is 4.75. The summed E-state index contributed by atoms with van der Waals surface area (Å²) in [5.41, 5.74) is 1.79. The van der Waals surface area contributed by atoms with Crippen molar-refractivity contribution in [2.45, 2.75) is 58.4 Å². The van der Waals surface area contributed by atoms with Crippen molar-refractivity contribution in [2.24, 2.45) is 11.3 Å². The van der Waals surface area contributed by atoms with Crippen LogP contribution in [0.5, 0.6) is 0 Å². The fourth-order valence-corrected chi connectivity index (χ4v) is 5.94. The number of carbonyl (C=O) groups excluding carboxylic acids is 2. The zero-order chi connectivity index (χ0) is 26.0. The Labute approximate surface area is 216 Å². The number of rotatable bonds is 6. The molecule has 0 bridgehead atoms. The van der Waals surface area contributed by atoms with E-state index in [0.717, 1.165) is 36.8 Å². The van der Waals surface area contributed by atoms with E-state index in [-0.39, 0.29) is 23.7 Å².